The summed E-state index contributed by atoms with van der Waals surface area (Å²) in [6.45, 7) is 2.50. The number of carbonyl (C=O) groups excluding carboxylic acids is 1. The number of hydrogen-bond donors (Lipinski definition) is 2. The van der Waals surface area contributed by atoms with Gasteiger partial charge in [-0.25, -0.2) is 0 Å². The van der Waals surface area contributed by atoms with Crippen LogP contribution in [-0.4, -0.2) is 31.6 Å². The smallest absolute Gasteiger partial charge is 0.227 e. The van der Waals surface area contributed by atoms with Crippen molar-refractivity contribution in [3.05, 3.63) is 29.8 Å². The van der Waals surface area contributed by atoms with Crippen molar-refractivity contribution in [2.24, 2.45) is 0 Å². The van der Waals surface area contributed by atoms with Crippen molar-refractivity contribution < 1.29 is 9.53 Å². The van der Waals surface area contributed by atoms with Crippen LogP contribution in [0, 0.1) is 0 Å². The van der Waals surface area contributed by atoms with Crippen LogP contribution < -0.4 is 15.4 Å². The van der Waals surface area contributed by atoms with Gasteiger partial charge in [-0.3, -0.25) is 4.79 Å². The summed E-state index contributed by atoms with van der Waals surface area (Å²) >= 11 is 0. The first-order chi connectivity index (χ1) is 10.3. The summed E-state index contributed by atoms with van der Waals surface area (Å²) in [5.41, 5.74) is 1.03. The van der Waals surface area contributed by atoms with E-state index in [4.69, 9.17) is 4.74 Å². The highest BCUT2D eigenvalue weighted by atomic mass is 16.5. The molecule has 1 aromatic rings. The Morgan fingerprint density at radius 2 is 2.19 bits per heavy atom. The summed E-state index contributed by atoms with van der Waals surface area (Å²) in [6.07, 6.45) is 5.61. The van der Waals surface area contributed by atoms with Crippen LogP contribution in [0.15, 0.2) is 24.3 Å². The lowest BCUT2D eigenvalue weighted by Crippen LogP contribution is -2.39. The molecular weight excluding hydrogens is 264 g/mol. The summed E-state index contributed by atoms with van der Waals surface area (Å²) in [5, 5.41) is 6.62. The summed E-state index contributed by atoms with van der Waals surface area (Å²) in [5.74, 6) is 0.939. The van der Waals surface area contributed by atoms with E-state index in [2.05, 4.69) is 10.6 Å². The Labute approximate surface area is 126 Å². The second kappa shape index (κ2) is 6.94. The lowest BCUT2D eigenvalue weighted by atomic mass is 9.92. The molecule has 0 aromatic heterocycles. The van der Waals surface area contributed by atoms with Crippen LogP contribution in [0.4, 0.5) is 0 Å². The predicted molar refractivity (Wildman–Crippen MR) is 82.6 cm³/mol. The fourth-order valence-corrected chi connectivity index (χ4v) is 3.28. The van der Waals surface area contributed by atoms with E-state index in [1.165, 1.54) is 19.3 Å². The van der Waals surface area contributed by atoms with Gasteiger partial charge in [0.25, 0.3) is 0 Å². The van der Waals surface area contributed by atoms with Crippen LogP contribution >= 0.6 is 0 Å². The SMILES string of the molecule is O=C(NCCC1CCCCN1)C1CCOc2ccccc21. The summed E-state index contributed by atoms with van der Waals surface area (Å²) in [6, 6.07) is 8.44. The Kier molecular flexibility index (Phi) is 4.76. The van der Waals surface area contributed by atoms with Gasteiger partial charge in [0.15, 0.2) is 0 Å². The topological polar surface area (TPSA) is 50.4 Å². The molecule has 1 amide bonds. The van der Waals surface area contributed by atoms with Crippen molar-refractivity contribution in [1.29, 1.82) is 0 Å². The number of amides is 1. The molecule has 1 aromatic carbocycles. The highest BCUT2D eigenvalue weighted by Crippen LogP contribution is 2.33. The average molecular weight is 288 g/mol. The molecule has 0 radical (unpaired) electrons. The molecule has 2 N–H and O–H groups in total. The largest absolute Gasteiger partial charge is 0.493 e. The van der Waals surface area contributed by atoms with E-state index in [0.717, 1.165) is 37.2 Å². The van der Waals surface area contributed by atoms with E-state index in [0.29, 0.717) is 12.6 Å². The number of fused-ring (bicyclic) bond motifs is 1. The normalized spacial score (nSPS) is 24.8. The van der Waals surface area contributed by atoms with Gasteiger partial charge in [-0.1, -0.05) is 24.6 Å². The maximum Gasteiger partial charge on any atom is 0.227 e. The minimum Gasteiger partial charge on any atom is -0.493 e. The number of piperidine rings is 1. The first kappa shape index (κ1) is 14.4. The van der Waals surface area contributed by atoms with Crippen LogP contribution in [0.25, 0.3) is 0 Å². The summed E-state index contributed by atoms with van der Waals surface area (Å²) in [4.78, 5) is 12.4. The molecule has 2 unspecified atom stereocenters. The number of nitrogens with one attached hydrogen (secondary N) is 2. The molecule has 1 saturated heterocycles. The van der Waals surface area contributed by atoms with Crippen LogP contribution in [-0.2, 0) is 4.79 Å². The third kappa shape index (κ3) is 3.56. The number of rotatable bonds is 4. The molecule has 4 nitrogen and oxygen atoms in total. The Bertz CT molecular complexity index is 483. The van der Waals surface area contributed by atoms with Crippen LogP contribution in [0.5, 0.6) is 5.75 Å². The van der Waals surface area contributed by atoms with E-state index in [1.807, 2.05) is 24.3 Å². The Balaban J connectivity index is 1.51. The Hall–Kier alpha value is -1.55. The fraction of sp³-hybridized carbons (Fsp3) is 0.588. The first-order valence-electron chi connectivity index (χ1n) is 8.07. The molecule has 0 aliphatic carbocycles. The molecule has 114 valence electrons. The molecule has 1 fully saturated rings. The van der Waals surface area contributed by atoms with E-state index in [-0.39, 0.29) is 11.8 Å². The molecule has 2 aliphatic heterocycles. The number of hydrogen-bond acceptors (Lipinski definition) is 3. The molecule has 0 spiro atoms. The van der Waals surface area contributed by atoms with Crippen molar-refractivity contribution in [3.8, 4) is 5.75 Å². The third-order valence-corrected chi connectivity index (χ3v) is 4.48. The lowest BCUT2D eigenvalue weighted by molar-refractivity contribution is -0.123. The molecular formula is C17H24N2O2. The zero-order chi connectivity index (χ0) is 14.5. The predicted octanol–water partition coefficient (Wildman–Crippen LogP) is 2.20. The minimum atomic E-state index is -0.0609. The quantitative estimate of drug-likeness (QED) is 0.893. The molecule has 2 heterocycles. The van der Waals surface area contributed by atoms with Crippen molar-refractivity contribution in [2.75, 3.05) is 19.7 Å². The first-order valence-corrected chi connectivity index (χ1v) is 8.07. The van der Waals surface area contributed by atoms with E-state index >= 15 is 0 Å². The van der Waals surface area contributed by atoms with Crippen LogP contribution in [0.3, 0.4) is 0 Å². The van der Waals surface area contributed by atoms with Gasteiger partial charge in [-0.05, 0) is 38.3 Å². The second-order valence-electron chi connectivity index (χ2n) is 5.95. The lowest BCUT2D eigenvalue weighted by Gasteiger charge is -2.26. The number of para-hydroxylation sites is 1. The standard InChI is InChI=1S/C17H24N2O2/c20-17(19-11-8-13-5-3-4-10-18-13)15-9-12-21-16-7-2-1-6-14(15)16/h1-2,6-7,13,15,18H,3-5,8-12H2,(H,19,20). The Morgan fingerprint density at radius 3 is 3.05 bits per heavy atom. The van der Waals surface area contributed by atoms with Gasteiger partial charge in [-0.15, -0.1) is 0 Å². The van der Waals surface area contributed by atoms with Crippen LogP contribution in [0.2, 0.25) is 0 Å². The van der Waals surface area contributed by atoms with Gasteiger partial charge in [0.1, 0.15) is 5.75 Å². The summed E-state index contributed by atoms with van der Waals surface area (Å²) < 4.78 is 5.61. The van der Waals surface area contributed by atoms with Gasteiger partial charge in [0, 0.05) is 18.2 Å². The van der Waals surface area contributed by atoms with Gasteiger partial charge in [0.2, 0.25) is 5.91 Å². The Morgan fingerprint density at radius 1 is 1.29 bits per heavy atom. The molecule has 0 saturated carbocycles. The monoisotopic (exact) mass is 288 g/mol. The van der Waals surface area contributed by atoms with Gasteiger partial charge in [-0.2, -0.15) is 0 Å². The minimum absolute atomic E-state index is 0.0609. The molecule has 4 heteroatoms. The molecule has 2 aliphatic rings. The second-order valence-corrected chi connectivity index (χ2v) is 5.95. The van der Waals surface area contributed by atoms with Crippen molar-refractivity contribution >= 4 is 5.91 Å². The average Bonchev–Trinajstić information content (AvgIpc) is 2.55. The maximum atomic E-state index is 12.4. The molecule has 0 bridgehead atoms. The van der Waals surface area contributed by atoms with Gasteiger partial charge >= 0.3 is 0 Å². The van der Waals surface area contributed by atoms with Crippen LogP contribution in [0.1, 0.15) is 43.6 Å². The fourth-order valence-electron chi connectivity index (χ4n) is 3.28. The van der Waals surface area contributed by atoms with Crippen molar-refractivity contribution in [3.63, 3.8) is 0 Å². The van der Waals surface area contributed by atoms with E-state index < -0.39 is 0 Å². The number of carbonyl (C=O) groups is 1. The van der Waals surface area contributed by atoms with Crippen molar-refractivity contribution in [1.82, 2.24) is 10.6 Å². The number of ether oxygens (including phenoxy) is 1. The molecule has 2 atom stereocenters. The maximum absolute atomic E-state index is 12.4. The van der Waals surface area contributed by atoms with Gasteiger partial charge < -0.3 is 15.4 Å². The number of benzene rings is 1. The van der Waals surface area contributed by atoms with Gasteiger partial charge in [0.05, 0.1) is 12.5 Å². The zero-order valence-corrected chi connectivity index (χ0v) is 12.4. The highest BCUT2D eigenvalue weighted by Gasteiger charge is 2.27. The zero-order valence-electron chi connectivity index (χ0n) is 12.4. The summed E-state index contributed by atoms with van der Waals surface area (Å²) in [7, 11) is 0. The third-order valence-electron chi connectivity index (χ3n) is 4.48. The molecule has 21 heavy (non-hydrogen) atoms. The van der Waals surface area contributed by atoms with E-state index in [9.17, 15) is 4.79 Å². The van der Waals surface area contributed by atoms with Crippen molar-refractivity contribution in [2.45, 2.75) is 44.1 Å². The highest BCUT2D eigenvalue weighted by molar-refractivity contribution is 5.84. The molecule has 3 rings (SSSR count). The van der Waals surface area contributed by atoms with E-state index in [1.54, 1.807) is 0 Å².